The van der Waals surface area contributed by atoms with E-state index in [2.05, 4.69) is 32.7 Å². The second kappa shape index (κ2) is 9.17. The van der Waals surface area contributed by atoms with Gasteiger partial charge in [-0.05, 0) is 29.8 Å². The minimum Gasteiger partial charge on any atom is -0.378 e. The lowest BCUT2D eigenvalue weighted by atomic mass is 10.1. The Morgan fingerprint density at radius 3 is 2.67 bits per heavy atom. The molecule has 4 aromatic rings. The monoisotopic (exact) mass is 439 g/mol. The van der Waals surface area contributed by atoms with E-state index in [1.165, 1.54) is 16.9 Å². The lowest BCUT2D eigenvalue weighted by Gasteiger charge is -2.07. The van der Waals surface area contributed by atoms with E-state index in [0.717, 1.165) is 17.0 Å². The number of nitrogens with one attached hydrogen (secondary N) is 1. The van der Waals surface area contributed by atoms with Crippen LogP contribution in [0.25, 0.3) is 5.69 Å². The van der Waals surface area contributed by atoms with Crippen molar-refractivity contribution in [3.05, 3.63) is 87.6 Å². The maximum Gasteiger partial charge on any atom is 0.280 e. The van der Waals surface area contributed by atoms with Crippen molar-refractivity contribution in [1.82, 2.24) is 20.0 Å². The number of nitrogens with zero attached hydrogens (tertiary/aromatic N) is 4. The zero-order valence-electron chi connectivity index (χ0n) is 16.1. The summed E-state index contributed by atoms with van der Waals surface area (Å²) in [6.45, 7) is 0.176. The molecule has 2 heterocycles. The number of methoxy groups -OCH3 is 1. The molecule has 0 aliphatic heterocycles. The molecule has 7 nitrogen and oxygen atoms in total. The minimum atomic E-state index is -0.386. The number of carbonyl (C=O) groups is 1. The Bertz CT molecular complexity index is 1140. The second-order valence-electron chi connectivity index (χ2n) is 6.45. The Balaban J connectivity index is 1.53. The highest BCUT2D eigenvalue weighted by Gasteiger charge is 2.21. The number of benzene rings is 2. The molecule has 30 heavy (non-hydrogen) atoms. The fourth-order valence-electron chi connectivity index (χ4n) is 2.93. The Labute approximate surface area is 182 Å². The van der Waals surface area contributed by atoms with Gasteiger partial charge in [0.25, 0.3) is 5.91 Å². The molecule has 0 spiro atoms. The maximum absolute atomic E-state index is 12.8. The molecule has 1 N–H and O–H groups in total. The van der Waals surface area contributed by atoms with E-state index in [1.807, 2.05) is 18.2 Å². The fraction of sp³-hybridized carbons (Fsp3) is 0.143. The van der Waals surface area contributed by atoms with E-state index in [-0.39, 0.29) is 18.2 Å². The van der Waals surface area contributed by atoms with Crippen LogP contribution in [0.5, 0.6) is 0 Å². The Morgan fingerprint density at radius 2 is 1.93 bits per heavy atom. The Hall–Kier alpha value is -3.07. The van der Waals surface area contributed by atoms with Gasteiger partial charge >= 0.3 is 0 Å². The third-order valence-corrected chi connectivity index (χ3v) is 5.49. The zero-order valence-corrected chi connectivity index (χ0v) is 17.7. The molecule has 0 unspecified atom stereocenters. The fourth-order valence-corrected chi connectivity index (χ4v) is 3.90. The first-order chi connectivity index (χ1) is 14.6. The number of carbonyl (C=O) groups excluding carboxylic acids is 1. The van der Waals surface area contributed by atoms with Crippen molar-refractivity contribution in [1.29, 1.82) is 0 Å². The van der Waals surface area contributed by atoms with E-state index >= 15 is 0 Å². The zero-order chi connectivity index (χ0) is 20.9. The van der Waals surface area contributed by atoms with Gasteiger partial charge in [0, 0.05) is 29.6 Å². The Morgan fingerprint density at radius 1 is 1.17 bits per heavy atom. The van der Waals surface area contributed by atoms with Gasteiger partial charge in [0.1, 0.15) is 5.69 Å². The first kappa shape index (κ1) is 20.2. The van der Waals surface area contributed by atoms with Crippen LogP contribution in [0.3, 0.4) is 0 Å². The smallest absolute Gasteiger partial charge is 0.280 e. The highest BCUT2D eigenvalue weighted by molar-refractivity contribution is 7.15. The van der Waals surface area contributed by atoms with Crippen LogP contribution in [0.15, 0.2) is 60.8 Å². The lowest BCUT2D eigenvalue weighted by Crippen LogP contribution is -2.15. The molecular formula is C21H18ClN5O2S. The van der Waals surface area contributed by atoms with Crippen molar-refractivity contribution >= 4 is 34.0 Å². The van der Waals surface area contributed by atoms with Crippen molar-refractivity contribution in [3.8, 4) is 5.69 Å². The highest BCUT2D eigenvalue weighted by Crippen LogP contribution is 2.23. The topological polar surface area (TPSA) is 81.9 Å². The average molecular weight is 440 g/mol. The molecule has 0 saturated heterocycles. The molecule has 0 atom stereocenters. The predicted molar refractivity (Wildman–Crippen MR) is 116 cm³/mol. The SMILES string of the molecule is COCc1c(C(=O)Nc2ncc(Cc3ccccc3)s2)nnn1-c1ccc(Cl)cc1. The van der Waals surface area contributed by atoms with Crippen LogP contribution in [-0.4, -0.2) is 33.0 Å². The van der Waals surface area contributed by atoms with Gasteiger partial charge in [-0.15, -0.1) is 16.4 Å². The largest absolute Gasteiger partial charge is 0.378 e. The van der Waals surface area contributed by atoms with E-state index in [1.54, 1.807) is 42.3 Å². The summed E-state index contributed by atoms with van der Waals surface area (Å²) in [5.74, 6) is -0.386. The summed E-state index contributed by atoms with van der Waals surface area (Å²) >= 11 is 7.39. The molecular weight excluding hydrogens is 422 g/mol. The lowest BCUT2D eigenvalue weighted by molar-refractivity contribution is 0.101. The van der Waals surface area contributed by atoms with Gasteiger partial charge < -0.3 is 4.74 Å². The van der Waals surface area contributed by atoms with Gasteiger partial charge in [0.2, 0.25) is 0 Å². The molecule has 0 saturated carbocycles. The van der Waals surface area contributed by atoms with Crippen LogP contribution in [0, 0.1) is 0 Å². The number of rotatable bonds is 7. The molecule has 0 aliphatic carbocycles. The highest BCUT2D eigenvalue weighted by atomic mass is 35.5. The Kier molecular flexibility index (Phi) is 6.18. The predicted octanol–water partition coefficient (Wildman–Crippen LogP) is 4.37. The van der Waals surface area contributed by atoms with Gasteiger partial charge in [0.05, 0.1) is 12.3 Å². The molecule has 2 aromatic carbocycles. The summed E-state index contributed by atoms with van der Waals surface area (Å²) < 4.78 is 6.83. The van der Waals surface area contributed by atoms with Gasteiger partial charge in [0.15, 0.2) is 10.8 Å². The number of ether oxygens (including phenoxy) is 1. The summed E-state index contributed by atoms with van der Waals surface area (Å²) in [6, 6.07) is 17.2. The number of halogens is 1. The van der Waals surface area contributed by atoms with Crippen LogP contribution >= 0.6 is 22.9 Å². The van der Waals surface area contributed by atoms with Crippen LogP contribution in [0.1, 0.15) is 26.6 Å². The molecule has 0 bridgehead atoms. The molecule has 4 rings (SSSR count). The van der Waals surface area contributed by atoms with Gasteiger partial charge in [-0.2, -0.15) is 0 Å². The van der Waals surface area contributed by atoms with Gasteiger partial charge in [-0.25, -0.2) is 9.67 Å². The minimum absolute atomic E-state index is 0.176. The normalized spacial score (nSPS) is 10.9. The molecule has 0 aliphatic rings. The van der Waals surface area contributed by atoms with E-state index in [0.29, 0.717) is 15.8 Å². The van der Waals surface area contributed by atoms with Crippen molar-refractivity contribution in [2.75, 3.05) is 12.4 Å². The van der Waals surface area contributed by atoms with Crippen LogP contribution in [0.4, 0.5) is 5.13 Å². The van der Waals surface area contributed by atoms with Crippen LogP contribution in [-0.2, 0) is 17.8 Å². The summed E-state index contributed by atoms with van der Waals surface area (Å²) in [5, 5.41) is 12.1. The summed E-state index contributed by atoms with van der Waals surface area (Å²) in [6.07, 6.45) is 2.53. The number of aromatic nitrogens is 4. The summed E-state index contributed by atoms with van der Waals surface area (Å²) in [7, 11) is 1.55. The summed E-state index contributed by atoms with van der Waals surface area (Å²) in [4.78, 5) is 18.2. The van der Waals surface area contributed by atoms with Gasteiger partial charge in [-0.1, -0.05) is 47.1 Å². The van der Waals surface area contributed by atoms with Crippen LogP contribution < -0.4 is 5.32 Å². The molecule has 0 radical (unpaired) electrons. The number of thiazole rings is 1. The molecule has 2 aromatic heterocycles. The molecule has 1 amide bonds. The van der Waals surface area contributed by atoms with E-state index < -0.39 is 0 Å². The number of hydrogen-bond acceptors (Lipinski definition) is 6. The van der Waals surface area contributed by atoms with E-state index in [9.17, 15) is 4.79 Å². The molecule has 0 fully saturated rings. The molecule has 152 valence electrons. The van der Waals surface area contributed by atoms with Crippen molar-refractivity contribution in [3.63, 3.8) is 0 Å². The number of anilines is 1. The van der Waals surface area contributed by atoms with Crippen LogP contribution in [0.2, 0.25) is 5.02 Å². The van der Waals surface area contributed by atoms with Crippen molar-refractivity contribution in [2.45, 2.75) is 13.0 Å². The summed E-state index contributed by atoms with van der Waals surface area (Å²) in [5.41, 5.74) is 2.65. The van der Waals surface area contributed by atoms with E-state index in [4.69, 9.17) is 16.3 Å². The van der Waals surface area contributed by atoms with Crippen molar-refractivity contribution in [2.24, 2.45) is 0 Å². The maximum atomic E-state index is 12.8. The second-order valence-corrected chi connectivity index (χ2v) is 8.01. The third kappa shape index (κ3) is 4.56. The number of hydrogen-bond donors (Lipinski definition) is 1. The van der Waals surface area contributed by atoms with Gasteiger partial charge in [-0.3, -0.25) is 10.1 Å². The third-order valence-electron chi connectivity index (χ3n) is 4.33. The average Bonchev–Trinajstić information content (AvgIpc) is 3.37. The standard InChI is InChI=1S/C21H18ClN5O2S/c1-29-13-18-19(25-26-27(18)16-9-7-15(22)8-10-16)20(28)24-21-23-12-17(30-21)11-14-5-3-2-4-6-14/h2-10,12H,11,13H2,1H3,(H,23,24,28). The number of amides is 1. The first-order valence-electron chi connectivity index (χ1n) is 9.13. The van der Waals surface area contributed by atoms with Crippen molar-refractivity contribution < 1.29 is 9.53 Å². The molecule has 9 heteroatoms. The quantitative estimate of drug-likeness (QED) is 0.462. The first-order valence-corrected chi connectivity index (χ1v) is 10.3.